The minimum Gasteiger partial charge on any atom is -0.467 e. The van der Waals surface area contributed by atoms with Crippen LogP contribution in [0.1, 0.15) is 26.3 Å². The van der Waals surface area contributed by atoms with Crippen molar-refractivity contribution in [1.29, 1.82) is 0 Å². The predicted molar refractivity (Wildman–Crippen MR) is 103 cm³/mol. The Labute approximate surface area is 175 Å². The molecule has 1 N–H and O–H groups in total. The number of hydrogen-bond acceptors (Lipinski definition) is 7. The van der Waals surface area contributed by atoms with Crippen molar-refractivity contribution in [3.63, 3.8) is 0 Å². The predicted octanol–water partition coefficient (Wildman–Crippen LogP) is 4.20. The quantitative estimate of drug-likeness (QED) is 0.712. The first-order valence-electron chi connectivity index (χ1n) is 8.89. The van der Waals surface area contributed by atoms with Crippen LogP contribution >= 0.6 is 11.6 Å². The van der Waals surface area contributed by atoms with E-state index in [2.05, 4.69) is 25.0 Å². The Balaban J connectivity index is 1.68. The smallest absolute Gasteiger partial charge is 0.422 e. The standard InChI is InChI=1S/C18H19ClF3N5O3/c1-10-17(2,3)27(16(28)30-10)13-4-5-23-15(26-13)25-8-11-6-12(19)14(24-7-11)29-9-18(20,21)22/h4-7,10H,8-9H2,1-3H3,(H,23,25,26). The fourth-order valence-electron chi connectivity index (χ4n) is 2.71. The molecular formula is C18H19ClF3N5O3. The number of amides is 1. The molecule has 1 fully saturated rings. The van der Waals surface area contributed by atoms with Gasteiger partial charge in [0, 0.05) is 18.9 Å². The molecule has 8 nitrogen and oxygen atoms in total. The fourth-order valence-corrected chi connectivity index (χ4v) is 2.96. The molecule has 1 aliphatic heterocycles. The molecule has 0 spiro atoms. The van der Waals surface area contributed by atoms with Gasteiger partial charge in [0.05, 0.1) is 5.54 Å². The van der Waals surface area contributed by atoms with Crippen molar-refractivity contribution < 1.29 is 27.4 Å². The highest BCUT2D eigenvalue weighted by molar-refractivity contribution is 6.31. The van der Waals surface area contributed by atoms with Gasteiger partial charge in [-0.05, 0) is 38.5 Å². The van der Waals surface area contributed by atoms with E-state index in [1.54, 1.807) is 13.0 Å². The second kappa shape index (κ2) is 8.13. The highest BCUT2D eigenvalue weighted by Crippen LogP contribution is 2.34. The molecule has 2 aromatic rings. The lowest BCUT2D eigenvalue weighted by atomic mass is 9.98. The summed E-state index contributed by atoms with van der Waals surface area (Å²) in [7, 11) is 0. The third-order valence-electron chi connectivity index (χ3n) is 4.59. The average Bonchev–Trinajstić information content (AvgIpc) is 2.85. The van der Waals surface area contributed by atoms with Crippen molar-refractivity contribution in [2.75, 3.05) is 16.8 Å². The number of anilines is 2. The first-order chi connectivity index (χ1) is 14.0. The number of ether oxygens (including phenoxy) is 2. The van der Waals surface area contributed by atoms with Gasteiger partial charge in [-0.2, -0.15) is 18.2 Å². The monoisotopic (exact) mass is 445 g/mol. The summed E-state index contributed by atoms with van der Waals surface area (Å²) in [6.07, 6.45) is -2.47. The van der Waals surface area contributed by atoms with Crippen LogP contribution in [0.5, 0.6) is 5.88 Å². The van der Waals surface area contributed by atoms with E-state index in [1.807, 2.05) is 13.8 Å². The second-order valence-corrected chi connectivity index (χ2v) is 7.55. The molecule has 1 atom stereocenters. The van der Waals surface area contributed by atoms with E-state index < -0.39 is 24.4 Å². The molecule has 1 amide bonds. The lowest BCUT2D eigenvalue weighted by Crippen LogP contribution is -2.45. The summed E-state index contributed by atoms with van der Waals surface area (Å²) in [5, 5.41) is 2.91. The van der Waals surface area contributed by atoms with E-state index in [-0.39, 0.29) is 29.5 Å². The van der Waals surface area contributed by atoms with Gasteiger partial charge >= 0.3 is 12.3 Å². The van der Waals surface area contributed by atoms with Crippen molar-refractivity contribution >= 4 is 29.5 Å². The second-order valence-electron chi connectivity index (χ2n) is 7.14. The number of halogens is 4. The third kappa shape index (κ3) is 4.84. The number of carbonyl (C=O) groups excluding carboxylic acids is 1. The van der Waals surface area contributed by atoms with Crippen LogP contribution in [0.3, 0.4) is 0 Å². The molecule has 0 saturated carbocycles. The van der Waals surface area contributed by atoms with Crippen LogP contribution in [0.4, 0.5) is 29.7 Å². The Kier molecular flexibility index (Phi) is 5.93. The first-order valence-corrected chi connectivity index (χ1v) is 9.27. The van der Waals surface area contributed by atoms with Crippen LogP contribution in [0.15, 0.2) is 24.5 Å². The lowest BCUT2D eigenvalue weighted by molar-refractivity contribution is -0.154. The van der Waals surface area contributed by atoms with E-state index >= 15 is 0 Å². The van der Waals surface area contributed by atoms with Gasteiger partial charge in [0.2, 0.25) is 11.8 Å². The van der Waals surface area contributed by atoms with Gasteiger partial charge in [-0.1, -0.05) is 11.6 Å². The Morgan fingerprint density at radius 3 is 2.70 bits per heavy atom. The van der Waals surface area contributed by atoms with Gasteiger partial charge in [0.1, 0.15) is 16.9 Å². The van der Waals surface area contributed by atoms with Crippen LogP contribution in [-0.4, -0.2) is 45.5 Å². The summed E-state index contributed by atoms with van der Waals surface area (Å²) >= 11 is 5.94. The molecule has 1 aliphatic rings. The van der Waals surface area contributed by atoms with Gasteiger partial charge in [0.15, 0.2) is 6.61 Å². The molecule has 0 aliphatic carbocycles. The molecule has 162 valence electrons. The number of cyclic esters (lactones) is 1. The minimum atomic E-state index is -4.48. The van der Waals surface area contributed by atoms with Crippen molar-refractivity contribution in [3.05, 3.63) is 35.1 Å². The van der Waals surface area contributed by atoms with Crippen LogP contribution in [0.2, 0.25) is 5.02 Å². The summed E-state index contributed by atoms with van der Waals surface area (Å²) < 4.78 is 46.6. The van der Waals surface area contributed by atoms with Crippen molar-refractivity contribution in [3.8, 4) is 5.88 Å². The summed E-state index contributed by atoms with van der Waals surface area (Å²) in [6.45, 7) is 4.25. The maximum Gasteiger partial charge on any atom is 0.422 e. The summed E-state index contributed by atoms with van der Waals surface area (Å²) in [6, 6.07) is 3.02. The third-order valence-corrected chi connectivity index (χ3v) is 4.86. The van der Waals surface area contributed by atoms with Crippen LogP contribution in [0.25, 0.3) is 0 Å². The highest BCUT2D eigenvalue weighted by Gasteiger charge is 2.47. The number of rotatable bonds is 6. The number of alkyl halides is 3. The molecular weight excluding hydrogens is 427 g/mol. The largest absolute Gasteiger partial charge is 0.467 e. The molecule has 0 aromatic carbocycles. The van der Waals surface area contributed by atoms with Gasteiger partial charge in [-0.3, -0.25) is 4.90 Å². The van der Waals surface area contributed by atoms with Gasteiger partial charge in [0.25, 0.3) is 0 Å². The molecule has 2 aromatic heterocycles. The Hall–Kier alpha value is -2.82. The number of pyridine rings is 1. The lowest BCUT2D eigenvalue weighted by Gasteiger charge is -2.29. The molecule has 1 saturated heterocycles. The zero-order valence-electron chi connectivity index (χ0n) is 16.3. The Bertz CT molecular complexity index is 942. The summed E-state index contributed by atoms with van der Waals surface area (Å²) in [5.41, 5.74) is -0.0187. The highest BCUT2D eigenvalue weighted by atomic mass is 35.5. The summed E-state index contributed by atoms with van der Waals surface area (Å²) in [5.74, 6) is 0.308. The normalized spacial score (nSPS) is 18.3. The first kappa shape index (κ1) is 21.9. The molecule has 3 rings (SSSR count). The number of nitrogens with zero attached hydrogens (tertiary/aromatic N) is 4. The van der Waals surface area contributed by atoms with Crippen LogP contribution in [-0.2, 0) is 11.3 Å². The van der Waals surface area contributed by atoms with Crippen molar-refractivity contribution in [2.45, 2.75) is 45.1 Å². The van der Waals surface area contributed by atoms with Crippen molar-refractivity contribution in [1.82, 2.24) is 15.0 Å². The molecule has 12 heteroatoms. The zero-order chi connectivity index (χ0) is 22.1. The minimum absolute atomic E-state index is 0.0521. The fraction of sp³-hybridized carbons (Fsp3) is 0.444. The van der Waals surface area contributed by atoms with Gasteiger partial charge in [-0.25, -0.2) is 14.8 Å². The number of nitrogens with one attached hydrogen (secondary N) is 1. The number of aromatic nitrogens is 3. The van der Waals surface area contributed by atoms with Crippen LogP contribution < -0.4 is 15.0 Å². The average molecular weight is 446 g/mol. The maximum absolute atomic E-state index is 12.2. The van der Waals surface area contributed by atoms with E-state index in [1.165, 1.54) is 23.4 Å². The Morgan fingerprint density at radius 2 is 2.10 bits per heavy atom. The number of carbonyl (C=O) groups is 1. The van der Waals surface area contributed by atoms with Gasteiger partial charge in [-0.15, -0.1) is 0 Å². The molecule has 1 unspecified atom stereocenters. The van der Waals surface area contributed by atoms with E-state index in [0.717, 1.165) is 0 Å². The SMILES string of the molecule is CC1OC(=O)N(c2ccnc(NCc3cnc(OCC(F)(F)F)c(Cl)c3)n2)C1(C)C. The van der Waals surface area contributed by atoms with E-state index in [0.29, 0.717) is 11.4 Å². The molecule has 0 radical (unpaired) electrons. The molecule has 30 heavy (non-hydrogen) atoms. The van der Waals surface area contributed by atoms with E-state index in [9.17, 15) is 18.0 Å². The summed E-state index contributed by atoms with van der Waals surface area (Å²) in [4.78, 5) is 25.9. The molecule has 0 bridgehead atoms. The van der Waals surface area contributed by atoms with Gasteiger partial charge < -0.3 is 14.8 Å². The zero-order valence-corrected chi connectivity index (χ0v) is 17.1. The van der Waals surface area contributed by atoms with E-state index in [4.69, 9.17) is 16.3 Å². The number of hydrogen-bond donors (Lipinski definition) is 1. The van der Waals surface area contributed by atoms with Crippen molar-refractivity contribution in [2.24, 2.45) is 0 Å². The Morgan fingerprint density at radius 1 is 1.37 bits per heavy atom. The molecule has 3 heterocycles. The maximum atomic E-state index is 12.2. The van der Waals surface area contributed by atoms with Crippen LogP contribution in [0, 0.1) is 0 Å². The topological polar surface area (TPSA) is 89.5 Å².